The van der Waals surface area contributed by atoms with Crippen LogP contribution in [0.2, 0.25) is 0 Å². The molecule has 0 saturated carbocycles. The second-order valence-corrected chi connectivity index (χ2v) is 7.54. The monoisotopic (exact) mass is 449 g/mol. The lowest BCUT2D eigenvalue weighted by Crippen LogP contribution is -2.14. The Bertz CT molecular complexity index is 1280. The molecule has 4 rings (SSSR count). The molecule has 10 heteroatoms. The van der Waals surface area contributed by atoms with Crippen LogP contribution in [0.4, 0.5) is 15.8 Å². The summed E-state index contributed by atoms with van der Waals surface area (Å²) in [4.78, 5) is 22.8. The van der Waals surface area contributed by atoms with Gasteiger partial charge < -0.3 is 5.32 Å². The molecular weight excluding hydrogens is 433 g/mol. The van der Waals surface area contributed by atoms with E-state index in [1.807, 2.05) is 30.3 Å². The highest BCUT2D eigenvalue weighted by Gasteiger charge is 2.19. The van der Waals surface area contributed by atoms with Crippen molar-refractivity contribution in [1.29, 1.82) is 0 Å². The van der Waals surface area contributed by atoms with E-state index in [9.17, 15) is 19.3 Å². The summed E-state index contributed by atoms with van der Waals surface area (Å²) in [5.74, 6) is -0.510. The van der Waals surface area contributed by atoms with Crippen LogP contribution in [0.25, 0.3) is 17.1 Å². The number of para-hydroxylation sites is 1. The Hall–Kier alpha value is -4.05. The number of non-ortho nitro benzene ring substituents is 1. The molecule has 1 aromatic heterocycles. The smallest absolute Gasteiger partial charge is 0.271 e. The van der Waals surface area contributed by atoms with E-state index in [0.717, 1.165) is 17.4 Å². The van der Waals surface area contributed by atoms with Gasteiger partial charge in [-0.15, -0.1) is 10.2 Å². The second-order valence-electron chi connectivity index (χ2n) is 6.60. The third kappa shape index (κ3) is 4.65. The largest absolute Gasteiger partial charge is 0.325 e. The average molecular weight is 449 g/mol. The van der Waals surface area contributed by atoms with Crippen LogP contribution in [-0.4, -0.2) is 31.3 Å². The van der Waals surface area contributed by atoms with Crippen molar-refractivity contribution in [2.75, 3.05) is 11.1 Å². The number of hydrogen-bond donors (Lipinski definition) is 1. The zero-order valence-electron chi connectivity index (χ0n) is 16.5. The number of halogens is 1. The minimum atomic E-state index is -0.531. The van der Waals surface area contributed by atoms with Gasteiger partial charge in [0.25, 0.3) is 5.69 Å². The lowest BCUT2D eigenvalue weighted by molar-refractivity contribution is -0.384. The van der Waals surface area contributed by atoms with Crippen LogP contribution in [0.5, 0.6) is 0 Å². The molecule has 4 aromatic rings. The maximum absolute atomic E-state index is 14.4. The number of rotatable bonds is 7. The number of nitrogens with one attached hydrogen (secondary N) is 1. The molecule has 1 heterocycles. The molecule has 0 saturated heterocycles. The van der Waals surface area contributed by atoms with E-state index in [-0.39, 0.29) is 22.9 Å². The summed E-state index contributed by atoms with van der Waals surface area (Å²) in [6.07, 6.45) is 0. The summed E-state index contributed by atoms with van der Waals surface area (Å²) in [5, 5.41) is 22.3. The maximum Gasteiger partial charge on any atom is 0.271 e. The molecule has 0 fully saturated rings. The first-order valence-corrected chi connectivity index (χ1v) is 10.4. The minimum Gasteiger partial charge on any atom is -0.325 e. The maximum atomic E-state index is 14.4. The Labute approximate surface area is 186 Å². The number of nitrogens with zero attached hydrogens (tertiary/aromatic N) is 4. The van der Waals surface area contributed by atoms with Crippen molar-refractivity contribution in [2.45, 2.75) is 5.16 Å². The SMILES string of the molecule is O=C(CSc1nnc(-c2ccccc2F)n1-c1ccccc1)Nc1cccc([N+](=O)[O-])c1. The van der Waals surface area contributed by atoms with Gasteiger partial charge in [-0.05, 0) is 30.3 Å². The first kappa shape index (κ1) is 21.2. The van der Waals surface area contributed by atoms with Crippen molar-refractivity contribution in [3.63, 3.8) is 0 Å². The number of amides is 1. The summed E-state index contributed by atoms with van der Waals surface area (Å²) in [7, 11) is 0. The first-order valence-electron chi connectivity index (χ1n) is 9.46. The fraction of sp³-hybridized carbons (Fsp3) is 0.0455. The van der Waals surface area contributed by atoms with Gasteiger partial charge in [0.2, 0.25) is 5.91 Å². The van der Waals surface area contributed by atoms with Crippen molar-refractivity contribution in [3.8, 4) is 17.1 Å². The highest BCUT2D eigenvalue weighted by molar-refractivity contribution is 7.99. The fourth-order valence-electron chi connectivity index (χ4n) is 3.01. The van der Waals surface area contributed by atoms with Gasteiger partial charge in [0.05, 0.1) is 16.2 Å². The van der Waals surface area contributed by atoms with Crippen LogP contribution < -0.4 is 5.32 Å². The number of thioether (sulfide) groups is 1. The average Bonchev–Trinajstić information content (AvgIpc) is 3.22. The van der Waals surface area contributed by atoms with Gasteiger partial charge in [-0.25, -0.2) is 4.39 Å². The third-order valence-electron chi connectivity index (χ3n) is 4.44. The molecule has 160 valence electrons. The van der Waals surface area contributed by atoms with Crippen LogP contribution in [0, 0.1) is 15.9 Å². The molecule has 0 atom stereocenters. The molecule has 0 radical (unpaired) electrons. The molecule has 0 spiro atoms. The summed E-state index contributed by atoms with van der Waals surface area (Å²) in [6.45, 7) is 0. The molecule has 0 bridgehead atoms. The number of carbonyl (C=O) groups is 1. The van der Waals surface area contributed by atoms with Crippen molar-refractivity contribution in [3.05, 3.63) is 94.8 Å². The Morgan fingerprint density at radius 1 is 1.03 bits per heavy atom. The summed E-state index contributed by atoms with van der Waals surface area (Å²) >= 11 is 1.12. The third-order valence-corrected chi connectivity index (χ3v) is 5.36. The van der Waals surface area contributed by atoms with Gasteiger partial charge in [0.1, 0.15) is 5.82 Å². The summed E-state index contributed by atoms with van der Waals surface area (Å²) in [6, 6.07) is 21.2. The van der Waals surface area contributed by atoms with Crippen LogP contribution in [-0.2, 0) is 4.79 Å². The number of nitro benzene ring substituents is 1. The second kappa shape index (κ2) is 9.40. The van der Waals surface area contributed by atoms with E-state index in [1.165, 1.54) is 24.3 Å². The Kier molecular flexibility index (Phi) is 6.22. The van der Waals surface area contributed by atoms with Gasteiger partial charge in [-0.1, -0.05) is 48.2 Å². The molecule has 1 amide bonds. The Morgan fingerprint density at radius 2 is 1.78 bits per heavy atom. The van der Waals surface area contributed by atoms with E-state index in [1.54, 1.807) is 28.8 Å². The van der Waals surface area contributed by atoms with E-state index < -0.39 is 10.7 Å². The fourth-order valence-corrected chi connectivity index (χ4v) is 3.77. The summed E-state index contributed by atoms with van der Waals surface area (Å²) in [5.41, 5.74) is 1.21. The zero-order chi connectivity index (χ0) is 22.5. The number of aromatic nitrogens is 3. The van der Waals surface area contributed by atoms with E-state index in [0.29, 0.717) is 16.7 Å². The molecule has 0 aliphatic rings. The number of nitro groups is 1. The number of benzene rings is 3. The lowest BCUT2D eigenvalue weighted by Gasteiger charge is -2.11. The van der Waals surface area contributed by atoms with E-state index in [4.69, 9.17) is 0 Å². The van der Waals surface area contributed by atoms with Gasteiger partial charge in [0, 0.05) is 23.5 Å². The van der Waals surface area contributed by atoms with Crippen molar-refractivity contribution in [2.24, 2.45) is 0 Å². The van der Waals surface area contributed by atoms with Crippen LogP contribution in [0.3, 0.4) is 0 Å². The molecule has 0 unspecified atom stereocenters. The molecule has 3 aromatic carbocycles. The molecular formula is C22H16FN5O3S. The number of carbonyl (C=O) groups excluding carboxylic acids is 1. The van der Waals surface area contributed by atoms with Gasteiger partial charge in [-0.2, -0.15) is 0 Å². The zero-order valence-corrected chi connectivity index (χ0v) is 17.3. The van der Waals surface area contributed by atoms with Crippen molar-refractivity contribution in [1.82, 2.24) is 14.8 Å². The predicted molar refractivity (Wildman–Crippen MR) is 119 cm³/mol. The lowest BCUT2D eigenvalue weighted by atomic mass is 10.2. The Balaban J connectivity index is 1.58. The van der Waals surface area contributed by atoms with Gasteiger partial charge >= 0.3 is 0 Å². The molecule has 0 aliphatic heterocycles. The standard InChI is InChI=1S/C22H16FN5O3S/c23-19-12-5-4-11-18(19)21-25-26-22(27(21)16-8-2-1-3-9-16)32-14-20(29)24-15-7-6-10-17(13-15)28(30)31/h1-13H,14H2,(H,24,29). The topological polar surface area (TPSA) is 103 Å². The van der Waals surface area contributed by atoms with Crippen molar-refractivity contribution < 1.29 is 14.1 Å². The van der Waals surface area contributed by atoms with E-state index in [2.05, 4.69) is 15.5 Å². The number of hydrogen-bond acceptors (Lipinski definition) is 6. The molecule has 8 nitrogen and oxygen atoms in total. The van der Waals surface area contributed by atoms with E-state index >= 15 is 0 Å². The molecule has 0 aliphatic carbocycles. The van der Waals surface area contributed by atoms with Gasteiger partial charge in [0.15, 0.2) is 11.0 Å². The Morgan fingerprint density at radius 3 is 2.53 bits per heavy atom. The highest BCUT2D eigenvalue weighted by Crippen LogP contribution is 2.29. The van der Waals surface area contributed by atoms with Gasteiger partial charge in [-0.3, -0.25) is 19.5 Å². The minimum absolute atomic E-state index is 0.0229. The van der Waals surface area contributed by atoms with Crippen molar-refractivity contribution >= 4 is 29.0 Å². The summed E-state index contributed by atoms with van der Waals surface area (Å²) < 4.78 is 16.1. The van der Waals surface area contributed by atoms with Crippen LogP contribution >= 0.6 is 11.8 Å². The predicted octanol–water partition coefficient (Wildman–Crippen LogP) is 4.71. The molecule has 32 heavy (non-hydrogen) atoms. The van der Waals surface area contributed by atoms with Crippen LogP contribution in [0.15, 0.2) is 84.0 Å². The highest BCUT2D eigenvalue weighted by atomic mass is 32.2. The molecule has 1 N–H and O–H groups in total. The quantitative estimate of drug-likeness (QED) is 0.249. The normalized spacial score (nSPS) is 10.7. The number of anilines is 1. The first-order chi connectivity index (χ1) is 15.5. The van der Waals surface area contributed by atoms with Crippen LogP contribution in [0.1, 0.15) is 0 Å².